The summed E-state index contributed by atoms with van der Waals surface area (Å²) in [6, 6.07) is 7.25. The third-order valence-electron chi connectivity index (χ3n) is 5.46. The molecule has 2 aromatic rings. The minimum Gasteiger partial charge on any atom is -0.497 e. The highest BCUT2D eigenvalue weighted by molar-refractivity contribution is 5.77. The number of benzene rings is 1. The lowest BCUT2D eigenvalue weighted by atomic mass is 9.95. The Balaban J connectivity index is 1.28. The van der Waals surface area contributed by atoms with Gasteiger partial charge in [-0.05, 0) is 37.1 Å². The molecule has 7 nitrogen and oxygen atoms in total. The van der Waals surface area contributed by atoms with Gasteiger partial charge in [0.15, 0.2) is 6.61 Å². The molecule has 1 saturated heterocycles. The third kappa shape index (κ3) is 4.25. The Morgan fingerprint density at radius 2 is 1.96 bits per heavy atom. The van der Waals surface area contributed by atoms with E-state index in [4.69, 9.17) is 14.5 Å². The molecule has 4 rings (SSSR count). The standard InChI is InChI=1S/C21H26N4O3/c1-27-17-2-4-18(5-3-17)28-14-20(26)25-10-7-15(8-11-25)21-23-13-16-12-22-9-6-19(16)24-21/h2-5,13,15,22H,6-12,14H2,1H3. The second-order valence-electron chi connectivity index (χ2n) is 7.25. The average Bonchev–Trinajstić information content (AvgIpc) is 2.77. The predicted octanol–water partition coefficient (Wildman–Crippen LogP) is 1.92. The van der Waals surface area contributed by atoms with Gasteiger partial charge in [-0.1, -0.05) is 0 Å². The number of methoxy groups -OCH3 is 1. The minimum absolute atomic E-state index is 0.0201. The first-order chi connectivity index (χ1) is 13.7. The molecule has 1 fully saturated rings. The van der Waals surface area contributed by atoms with E-state index < -0.39 is 0 Å². The van der Waals surface area contributed by atoms with Gasteiger partial charge in [0, 0.05) is 56.0 Å². The molecular formula is C21H26N4O3. The molecule has 0 bridgehead atoms. The maximum atomic E-state index is 12.5. The van der Waals surface area contributed by atoms with Crippen molar-refractivity contribution in [1.82, 2.24) is 20.2 Å². The van der Waals surface area contributed by atoms with E-state index in [1.807, 2.05) is 23.2 Å². The van der Waals surface area contributed by atoms with Crippen LogP contribution in [-0.2, 0) is 17.8 Å². The van der Waals surface area contributed by atoms with Gasteiger partial charge in [0.1, 0.15) is 17.3 Å². The number of ether oxygens (including phenoxy) is 2. The Labute approximate surface area is 165 Å². The van der Waals surface area contributed by atoms with Crippen molar-refractivity contribution in [3.05, 3.63) is 47.5 Å². The van der Waals surface area contributed by atoms with Crippen molar-refractivity contribution in [1.29, 1.82) is 0 Å². The summed E-state index contributed by atoms with van der Waals surface area (Å²) in [5, 5.41) is 3.35. The van der Waals surface area contributed by atoms with Crippen molar-refractivity contribution in [3.63, 3.8) is 0 Å². The molecule has 2 aliphatic heterocycles. The molecule has 2 aliphatic rings. The van der Waals surface area contributed by atoms with Crippen molar-refractivity contribution in [2.24, 2.45) is 0 Å². The van der Waals surface area contributed by atoms with Crippen molar-refractivity contribution < 1.29 is 14.3 Å². The molecule has 0 radical (unpaired) electrons. The van der Waals surface area contributed by atoms with Gasteiger partial charge in [-0.25, -0.2) is 9.97 Å². The van der Waals surface area contributed by atoms with Gasteiger partial charge in [-0.2, -0.15) is 0 Å². The number of hydrogen-bond donors (Lipinski definition) is 1. The van der Waals surface area contributed by atoms with Crippen LogP contribution in [0.5, 0.6) is 11.5 Å². The number of amides is 1. The van der Waals surface area contributed by atoms with Crippen LogP contribution in [0.4, 0.5) is 0 Å². The van der Waals surface area contributed by atoms with Gasteiger partial charge < -0.3 is 19.7 Å². The summed E-state index contributed by atoms with van der Waals surface area (Å²) in [6.07, 6.45) is 4.71. The number of hydrogen-bond acceptors (Lipinski definition) is 6. The molecule has 0 atom stereocenters. The largest absolute Gasteiger partial charge is 0.497 e. The van der Waals surface area contributed by atoms with E-state index in [2.05, 4.69) is 10.3 Å². The van der Waals surface area contributed by atoms with Gasteiger partial charge in [-0.3, -0.25) is 4.79 Å². The molecule has 3 heterocycles. The number of nitrogens with one attached hydrogen (secondary N) is 1. The van der Waals surface area contributed by atoms with Crippen LogP contribution in [0, 0.1) is 0 Å². The molecule has 148 valence electrons. The molecule has 0 saturated carbocycles. The van der Waals surface area contributed by atoms with E-state index in [0.29, 0.717) is 11.7 Å². The molecule has 0 aliphatic carbocycles. The normalized spacial score (nSPS) is 17.1. The van der Waals surface area contributed by atoms with Crippen LogP contribution in [0.1, 0.15) is 35.8 Å². The van der Waals surface area contributed by atoms with Gasteiger partial charge in [0.2, 0.25) is 0 Å². The van der Waals surface area contributed by atoms with E-state index in [1.165, 1.54) is 11.3 Å². The lowest BCUT2D eigenvalue weighted by molar-refractivity contribution is -0.134. The lowest BCUT2D eigenvalue weighted by Gasteiger charge is -2.31. The molecular weight excluding hydrogens is 356 g/mol. The number of piperidine rings is 1. The summed E-state index contributed by atoms with van der Waals surface area (Å²) in [5.74, 6) is 2.71. The Morgan fingerprint density at radius 3 is 2.71 bits per heavy atom. The molecule has 7 heteroatoms. The fraction of sp³-hybridized carbons (Fsp3) is 0.476. The summed E-state index contributed by atoms with van der Waals surface area (Å²) < 4.78 is 10.7. The number of aromatic nitrogens is 2. The highest BCUT2D eigenvalue weighted by atomic mass is 16.5. The highest BCUT2D eigenvalue weighted by Gasteiger charge is 2.26. The SMILES string of the molecule is COc1ccc(OCC(=O)N2CCC(c3ncc4c(n3)CCNC4)CC2)cc1. The van der Waals surface area contributed by atoms with Crippen molar-refractivity contribution in [3.8, 4) is 11.5 Å². The number of likely N-dealkylation sites (tertiary alicyclic amines) is 1. The van der Waals surface area contributed by atoms with E-state index >= 15 is 0 Å². The summed E-state index contributed by atoms with van der Waals surface area (Å²) in [5.41, 5.74) is 2.38. The minimum atomic E-state index is 0.0201. The van der Waals surface area contributed by atoms with Gasteiger partial charge in [0.25, 0.3) is 5.91 Å². The van der Waals surface area contributed by atoms with Crippen LogP contribution in [0.2, 0.25) is 0 Å². The first kappa shape index (κ1) is 18.7. The Bertz CT molecular complexity index is 817. The molecule has 1 N–H and O–H groups in total. The number of fused-ring (bicyclic) bond motifs is 1. The van der Waals surface area contributed by atoms with Gasteiger partial charge >= 0.3 is 0 Å². The van der Waals surface area contributed by atoms with Crippen LogP contribution < -0.4 is 14.8 Å². The fourth-order valence-electron chi connectivity index (χ4n) is 3.74. The summed E-state index contributed by atoms with van der Waals surface area (Å²) in [4.78, 5) is 23.7. The zero-order valence-electron chi connectivity index (χ0n) is 16.2. The third-order valence-corrected chi connectivity index (χ3v) is 5.46. The molecule has 28 heavy (non-hydrogen) atoms. The zero-order chi connectivity index (χ0) is 19.3. The number of rotatable bonds is 5. The summed E-state index contributed by atoms with van der Waals surface area (Å²) in [7, 11) is 1.62. The fourth-order valence-corrected chi connectivity index (χ4v) is 3.74. The average molecular weight is 382 g/mol. The van der Waals surface area contributed by atoms with Crippen LogP contribution in [0.15, 0.2) is 30.5 Å². The maximum absolute atomic E-state index is 12.5. The van der Waals surface area contributed by atoms with E-state index in [9.17, 15) is 4.79 Å². The summed E-state index contributed by atoms with van der Waals surface area (Å²) in [6.45, 7) is 3.33. The Kier molecular flexibility index (Phi) is 5.71. The Hall–Kier alpha value is -2.67. The first-order valence-corrected chi connectivity index (χ1v) is 9.83. The quantitative estimate of drug-likeness (QED) is 0.851. The van der Waals surface area contributed by atoms with Crippen molar-refractivity contribution in [2.45, 2.75) is 31.7 Å². The van der Waals surface area contributed by atoms with Gasteiger partial charge in [-0.15, -0.1) is 0 Å². The van der Waals surface area contributed by atoms with Crippen LogP contribution >= 0.6 is 0 Å². The van der Waals surface area contributed by atoms with Crippen LogP contribution in [-0.4, -0.2) is 54.1 Å². The number of carbonyl (C=O) groups excluding carboxylic acids is 1. The second kappa shape index (κ2) is 8.56. The molecule has 1 aromatic carbocycles. The number of carbonyl (C=O) groups is 1. The number of nitrogens with zero attached hydrogens (tertiary/aromatic N) is 3. The Morgan fingerprint density at radius 1 is 1.21 bits per heavy atom. The van der Waals surface area contributed by atoms with E-state index in [1.54, 1.807) is 19.2 Å². The highest BCUT2D eigenvalue weighted by Crippen LogP contribution is 2.26. The second-order valence-corrected chi connectivity index (χ2v) is 7.25. The van der Waals surface area contributed by atoms with Crippen molar-refractivity contribution >= 4 is 5.91 Å². The molecule has 1 amide bonds. The lowest BCUT2D eigenvalue weighted by Crippen LogP contribution is -2.40. The first-order valence-electron chi connectivity index (χ1n) is 9.83. The maximum Gasteiger partial charge on any atom is 0.260 e. The predicted molar refractivity (Wildman–Crippen MR) is 104 cm³/mol. The van der Waals surface area contributed by atoms with Crippen LogP contribution in [0.25, 0.3) is 0 Å². The van der Waals surface area contributed by atoms with Crippen LogP contribution in [0.3, 0.4) is 0 Å². The topological polar surface area (TPSA) is 76.6 Å². The van der Waals surface area contributed by atoms with E-state index in [0.717, 1.165) is 57.0 Å². The summed E-state index contributed by atoms with van der Waals surface area (Å²) >= 11 is 0. The zero-order valence-corrected chi connectivity index (χ0v) is 16.2. The molecule has 0 spiro atoms. The smallest absolute Gasteiger partial charge is 0.260 e. The van der Waals surface area contributed by atoms with Crippen molar-refractivity contribution in [2.75, 3.05) is 33.4 Å². The monoisotopic (exact) mass is 382 g/mol. The molecule has 0 unspecified atom stereocenters. The van der Waals surface area contributed by atoms with Gasteiger partial charge in [0.05, 0.1) is 7.11 Å². The van der Waals surface area contributed by atoms with E-state index in [-0.39, 0.29) is 12.5 Å². The molecule has 1 aromatic heterocycles.